The number of aromatic hydroxyl groups is 1. The second-order valence-electron chi connectivity index (χ2n) is 4.14. The van der Waals surface area contributed by atoms with Crippen LogP contribution < -0.4 is 5.63 Å². The highest BCUT2D eigenvalue weighted by molar-refractivity contribution is 5.86. The summed E-state index contributed by atoms with van der Waals surface area (Å²) in [6.45, 7) is 7.33. The first-order chi connectivity index (χ1) is 8.04. The van der Waals surface area contributed by atoms with Crippen molar-refractivity contribution in [1.82, 2.24) is 0 Å². The minimum Gasteiger partial charge on any atom is -0.507 e. The summed E-state index contributed by atoms with van der Waals surface area (Å²) in [4.78, 5) is 11.4. The average molecular weight is 230 g/mol. The van der Waals surface area contributed by atoms with Crippen LogP contribution in [0.15, 0.2) is 34.0 Å². The fraction of sp³-hybridized carbons (Fsp3) is 0.214. The first-order valence-electron chi connectivity index (χ1n) is 5.41. The minimum atomic E-state index is -0.399. The van der Waals surface area contributed by atoms with Crippen LogP contribution >= 0.6 is 0 Å². The molecule has 0 atom stereocenters. The summed E-state index contributed by atoms with van der Waals surface area (Å²) >= 11 is 0. The molecule has 1 aromatic heterocycles. The number of hydrogen-bond donors (Lipinski definition) is 1. The quantitative estimate of drug-likeness (QED) is 0.637. The van der Waals surface area contributed by atoms with Gasteiger partial charge in [-0.3, -0.25) is 0 Å². The second kappa shape index (κ2) is 4.09. The molecule has 0 aliphatic rings. The molecule has 0 spiro atoms. The lowest BCUT2D eigenvalue weighted by Gasteiger charge is -2.10. The molecule has 3 nitrogen and oxygen atoms in total. The maximum absolute atomic E-state index is 11.4. The molecule has 3 heteroatoms. The monoisotopic (exact) mass is 230 g/mol. The van der Waals surface area contributed by atoms with Crippen molar-refractivity contribution in [2.24, 2.45) is 0 Å². The lowest BCUT2D eigenvalue weighted by molar-refractivity contribution is 0.462. The molecule has 1 aromatic carbocycles. The lowest BCUT2D eigenvalue weighted by Crippen LogP contribution is -2.00. The Labute approximate surface area is 99.0 Å². The number of fused-ring (bicyclic) bond motifs is 1. The van der Waals surface area contributed by atoms with Gasteiger partial charge >= 0.3 is 5.63 Å². The zero-order valence-electron chi connectivity index (χ0n) is 9.91. The maximum atomic E-state index is 11.4. The van der Waals surface area contributed by atoms with Gasteiger partial charge in [-0.2, -0.15) is 0 Å². The Balaban J connectivity index is 2.97. The van der Waals surface area contributed by atoms with E-state index in [1.54, 1.807) is 6.08 Å². The molecule has 2 rings (SSSR count). The van der Waals surface area contributed by atoms with Crippen molar-refractivity contribution in [3.05, 3.63) is 51.9 Å². The Bertz CT molecular complexity index is 651. The third-order valence-electron chi connectivity index (χ3n) is 2.85. The number of benzene rings is 1. The van der Waals surface area contributed by atoms with Gasteiger partial charge in [0.25, 0.3) is 0 Å². The fourth-order valence-corrected chi connectivity index (χ4v) is 1.99. The Morgan fingerprint density at radius 2 is 2.06 bits per heavy atom. The summed E-state index contributed by atoms with van der Waals surface area (Å²) in [5.41, 5.74) is 2.30. The molecule has 17 heavy (non-hydrogen) atoms. The molecule has 1 heterocycles. The van der Waals surface area contributed by atoms with Gasteiger partial charge in [-0.25, -0.2) is 4.79 Å². The molecule has 0 aliphatic carbocycles. The third-order valence-corrected chi connectivity index (χ3v) is 2.85. The molecule has 0 radical (unpaired) electrons. The van der Waals surface area contributed by atoms with Crippen molar-refractivity contribution >= 4 is 11.0 Å². The molecular formula is C14H14O3. The van der Waals surface area contributed by atoms with Gasteiger partial charge < -0.3 is 9.52 Å². The van der Waals surface area contributed by atoms with E-state index >= 15 is 0 Å². The Hall–Kier alpha value is -2.03. The summed E-state index contributed by atoms with van der Waals surface area (Å²) < 4.78 is 5.20. The normalized spacial score (nSPS) is 10.7. The first-order valence-corrected chi connectivity index (χ1v) is 5.41. The summed E-state index contributed by atoms with van der Waals surface area (Å²) in [6.07, 6.45) is 2.15. The van der Waals surface area contributed by atoms with Crippen molar-refractivity contribution in [3.63, 3.8) is 0 Å². The summed E-state index contributed by atoms with van der Waals surface area (Å²) in [6, 6.07) is 3.28. The van der Waals surface area contributed by atoms with Gasteiger partial charge in [-0.05, 0) is 37.5 Å². The lowest BCUT2D eigenvalue weighted by atomic mass is 10.0. The zero-order chi connectivity index (χ0) is 12.6. The number of phenols is 1. The van der Waals surface area contributed by atoms with Gasteiger partial charge in [-0.1, -0.05) is 6.08 Å². The van der Waals surface area contributed by atoms with Crippen molar-refractivity contribution in [3.8, 4) is 5.75 Å². The molecular weight excluding hydrogens is 216 g/mol. The van der Waals surface area contributed by atoms with Crippen LogP contribution in [0, 0.1) is 13.8 Å². The van der Waals surface area contributed by atoms with Crippen LogP contribution in [0.25, 0.3) is 11.0 Å². The second-order valence-corrected chi connectivity index (χ2v) is 4.14. The van der Waals surface area contributed by atoms with Crippen LogP contribution in [-0.4, -0.2) is 5.11 Å². The van der Waals surface area contributed by atoms with E-state index in [9.17, 15) is 9.90 Å². The van der Waals surface area contributed by atoms with Crippen molar-refractivity contribution in [2.75, 3.05) is 0 Å². The van der Waals surface area contributed by atoms with Gasteiger partial charge in [-0.15, -0.1) is 6.58 Å². The predicted octanol–water partition coefficient (Wildman–Crippen LogP) is 2.84. The van der Waals surface area contributed by atoms with Gasteiger partial charge in [0.05, 0.1) is 0 Å². The topological polar surface area (TPSA) is 50.4 Å². The first kappa shape index (κ1) is 11.5. The summed E-state index contributed by atoms with van der Waals surface area (Å²) in [5.74, 6) is 0.172. The molecule has 0 unspecified atom stereocenters. The van der Waals surface area contributed by atoms with Crippen molar-refractivity contribution in [2.45, 2.75) is 20.3 Å². The average Bonchev–Trinajstić information content (AvgIpc) is 2.26. The highest BCUT2D eigenvalue weighted by Gasteiger charge is 2.13. The van der Waals surface area contributed by atoms with E-state index in [0.29, 0.717) is 17.6 Å². The van der Waals surface area contributed by atoms with Crippen LogP contribution in [0.1, 0.15) is 16.7 Å². The van der Waals surface area contributed by atoms with Crippen LogP contribution in [0.3, 0.4) is 0 Å². The van der Waals surface area contributed by atoms with E-state index in [1.807, 2.05) is 19.9 Å². The SMILES string of the molecule is C=CCc1c(O)c(C)cc2c(C)cc(=O)oc12. The van der Waals surface area contributed by atoms with E-state index < -0.39 is 5.63 Å². The number of allylic oxidation sites excluding steroid dienone is 1. The van der Waals surface area contributed by atoms with Gasteiger partial charge in [0.1, 0.15) is 11.3 Å². The highest BCUT2D eigenvalue weighted by Crippen LogP contribution is 2.32. The van der Waals surface area contributed by atoms with Gasteiger partial charge in [0, 0.05) is 17.0 Å². The molecule has 0 aliphatic heterocycles. The van der Waals surface area contributed by atoms with E-state index in [2.05, 4.69) is 6.58 Å². The molecule has 0 bridgehead atoms. The van der Waals surface area contributed by atoms with E-state index in [0.717, 1.165) is 16.5 Å². The summed E-state index contributed by atoms with van der Waals surface area (Å²) in [7, 11) is 0. The molecule has 0 saturated carbocycles. The van der Waals surface area contributed by atoms with E-state index in [4.69, 9.17) is 4.42 Å². The van der Waals surface area contributed by atoms with Crippen LogP contribution in [0.2, 0.25) is 0 Å². The Kier molecular flexibility index (Phi) is 2.76. The minimum absolute atomic E-state index is 0.172. The molecule has 1 N–H and O–H groups in total. The molecule has 2 aromatic rings. The van der Waals surface area contributed by atoms with E-state index in [1.165, 1.54) is 6.07 Å². The Morgan fingerprint density at radius 1 is 1.35 bits per heavy atom. The summed E-state index contributed by atoms with van der Waals surface area (Å²) in [5, 5.41) is 10.9. The number of rotatable bonds is 2. The van der Waals surface area contributed by atoms with Gasteiger partial charge in [0.15, 0.2) is 0 Å². The van der Waals surface area contributed by atoms with Gasteiger partial charge in [0.2, 0.25) is 0 Å². The van der Waals surface area contributed by atoms with Crippen LogP contribution in [0.4, 0.5) is 0 Å². The molecule has 0 fully saturated rings. The van der Waals surface area contributed by atoms with Crippen LogP contribution in [0.5, 0.6) is 5.75 Å². The third kappa shape index (κ3) is 1.84. The largest absolute Gasteiger partial charge is 0.507 e. The maximum Gasteiger partial charge on any atom is 0.336 e. The zero-order valence-corrected chi connectivity index (χ0v) is 9.91. The number of hydrogen-bond acceptors (Lipinski definition) is 3. The van der Waals surface area contributed by atoms with Crippen LogP contribution in [-0.2, 0) is 6.42 Å². The molecule has 88 valence electrons. The molecule has 0 amide bonds. The standard InChI is InChI=1S/C14H14O3/c1-4-5-10-13(16)9(3)6-11-8(2)7-12(15)17-14(10)11/h4,6-7,16H,1,5H2,2-3H3. The molecule has 0 saturated heterocycles. The van der Waals surface area contributed by atoms with Crippen molar-refractivity contribution in [1.29, 1.82) is 0 Å². The number of aryl methyl sites for hydroxylation is 2. The Morgan fingerprint density at radius 3 is 2.71 bits per heavy atom. The van der Waals surface area contributed by atoms with E-state index in [-0.39, 0.29) is 5.75 Å². The smallest absolute Gasteiger partial charge is 0.336 e. The predicted molar refractivity (Wildman–Crippen MR) is 67.5 cm³/mol. The number of phenolic OH excluding ortho intramolecular Hbond substituents is 1. The fourth-order valence-electron chi connectivity index (χ4n) is 1.99. The highest BCUT2D eigenvalue weighted by atomic mass is 16.4. The van der Waals surface area contributed by atoms with Crippen molar-refractivity contribution < 1.29 is 9.52 Å².